The van der Waals surface area contributed by atoms with Gasteiger partial charge in [0.15, 0.2) is 0 Å². The number of aliphatic carboxylic acids is 1. The summed E-state index contributed by atoms with van der Waals surface area (Å²) in [5.41, 5.74) is 1.84. The minimum Gasteiger partial charge on any atom is -0.481 e. The second-order valence-electron chi connectivity index (χ2n) is 3.31. The fourth-order valence-corrected chi connectivity index (χ4v) is 1.35. The van der Waals surface area contributed by atoms with E-state index in [9.17, 15) is 4.79 Å². The van der Waals surface area contributed by atoms with Gasteiger partial charge in [0.2, 0.25) is 0 Å². The van der Waals surface area contributed by atoms with Crippen LogP contribution < -0.4 is 0 Å². The number of tetrazole rings is 1. The Hall–Kier alpha value is -2.24. The van der Waals surface area contributed by atoms with Crippen molar-refractivity contribution in [3.05, 3.63) is 36.2 Å². The van der Waals surface area contributed by atoms with Crippen molar-refractivity contribution in [2.45, 2.75) is 12.8 Å². The zero-order valence-corrected chi connectivity index (χ0v) is 8.45. The Kier molecular flexibility index (Phi) is 2.90. The normalized spacial score (nSPS) is 10.2. The lowest BCUT2D eigenvalue weighted by atomic mass is 10.1. The number of nitrogens with zero attached hydrogens (tertiary/aromatic N) is 4. The van der Waals surface area contributed by atoms with Crippen LogP contribution in [0, 0.1) is 0 Å². The van der Waals surface area contributed by atoms with Gasteiger partial charge in [0.05, 0.1) is 5.69 Å². The smallest absolute Gasteiger partial charge is 0.303 e. The topological polar surface area (TPSA) is 80.9 Å². The molecule has 0 fully saturated rings. The van der Waals surface area contributed by atoms with Crippen molar-refractivity contribution < 1.29 is 9.90 Å². The summed E-state index contributed by atoms with van der Waals surface area (Å²) >= 11 is 0. The van der Waals surface area contributed by atoms with Crippen LogP contribution in [0.25, 0.3) is 5.69 Å². The average Bonchev–Trinajstić information content (AvgIpc) is 2.80. The number of hydrogen-bond acceptors (Lipinski definition) is 4. The highest BCUT2D eigenvalue weighted by Gasteiger charge is 2.00. The Morgan fingerprint density at radius 3 is 2.62 bits per heavy atom. The van der Waals surface area contributed by atoms with Gasteiger partial charge in [-0.1, -0.05) is 12.1 Å². The summed E-state index contributed by atoms with van der Waals surface area (Å²) < 4.78 is 1.54. The highest BCUT2D eigenvalue weighted by atomic mass is 16.4. The highest BCUT2D eigenvalue weighted by molar-refractivity contribution is 5.67. The van der Waals surface area contributed by atoms with E-state index < -0.39 is 5.97 Å². The summed E-state index contributed by atoms with van der Waals surface area (Å²) in [6.45, 7) is 0. The number of carboxylic acids is 1. The molecule has 0 amide bonds. The standard InChI is InChI=1S/C10H10N4O2/c15-10(16)6-3-8-1-4-9(5-2-8)14-7-11-12-13-14/h1-2,4-5,7H,3,6H2,(H,15,16). The number of rotatable bonds is 4. The molecule has 0 saturated heterocycles. The van der Waals surface area contributed by atoms with Crippen LogP contribution in [0.3, 0.4) is 0 Å². The summed E-state index contributed by atoms with van der Waals surface area (Å²) in [7, 11) is 0. The molecule has 6 heteroatoms. The number of benzene rings is 1. The van der Waals surface area contributed by atoms with Gasteiger partial charge in [-0.2, -0.15) is 0 Å². The molecule has 16 heavy (non-hydrogen) atoms. The maximum atomic E-state index is 10.4. The Bertz CT molecular complexity index is 464. The van der Waals surface area contributed by atoms with Crippen LogP contribution in [0.2, 0.25) is 0 Å². The van der Waals surface area contributed by atoms with Crippen LogP contribution in [-0.2, 0) is 11.2 Å². The summed E-state index contributed by atoms with van der Waals surface area (Å²) in [6, 6.07) is 7.46. The molecule has 0 aliphatic carbocycles. The van der Waals surface area contributed by atoms with Gasteiger partial charge in [-0.15, -0.1) is 5.10 Å². The molecule has 6 nitrogen and oxygen atoms in total. The summed E-state index contributed by atoms with van der Waals surface area (Å²) in [6.07, 6.45) is 2.18. The molecule has 1 N–H and O–H groups in total. The largest absolute Gasteiger partial charge is 0.481 e. The minimum atomic E-state index is -0.787. The van der Waals surface area contributed by atoms with E-state index in [2.05, 4.69) is 15.5 Å². The molecule has 1 heterocycles. The molecule has 0 saturated carbocycles. The fraction of sp³-hybridized carbons (Fsp3) is 0.200. The van der Waals surface area contributed by atoms with Crippen molar-refractivity contribution in [3.63, 3.8) is 0 Å². The van der Waals surface area contributed by atoms with Crippen molar-refractivity contribution in [2.24, 2.45) is 0 Å². The molecule has 1 aromatic carbocycles. The third kappa shape index (κ3) is 2.41. The first-order valence-corrected chi connectivity index (χ1v) is 4.80. The highest BCUT2D eigenvalue weighted by Crippen LogP contribution is 2.09. The molecule has 82 valence electrons. The van der Waals surface area contributed by atoms with Crippen molar-refractivity contribution >= 4 is 5.97 Å². The van der Waals surface area contributed by atoms with Crippen LogP contribution in [0.5, 0.6) is 0 Å². The average molecular weight is 218 g/mol. The summed E-state index contributed by atoms with van der Waals surface area (Å²) in [5, 5.41) is 19.4. The summed E-state index contributed by atoms with van der Waals surface area (Å²) in [4.78, 5) is 10.4. The zero-order chi connectivity index (χ0) is 11.4. The van der Waals surface area contributed by atoms with Crippen LogP contribution in [0.15, 0.2) is 30.6 Å². The Balaban J connectivity index is 2.08. The van der Waals surface area contributed by atoms with Crippen LogP contribution in [0.4, 0.5) is 0 Å². The lowest BCUT2D eigenvalue weighted by Gasteiger charge is -2.01. The predicted molar refractivity (Wildman–Crippen MR) is 55.1 cm³/mol. The zero-order valence-electron chi connectivity index (χ0n) is 8.45. The molecule has 1 aromatic heterocycles. The quantitative estimate of drug-likeness (QED) is 0.816. The van der Waals surface area contributed by atoms with E-state index in [4.69, 9.17) is 5.11 Å². The van der Waals surface area contributed by atoms with Crippen LogP contribution in [-0.4, -0.2) is 31.3 Å². The Morgan fingerprint density at radius 2 is 2.06 bits per heavy atom. The van der Waals surface area contributed by atoms with Crippen molar-refractivity contribution in [3.8, 4) is 5.69 Å². The number of aryl methyl sites for hydroxylation is 1. The molecule has 0 aliphatic rings. The van der Waals surface area contributed by atoms with E-state index >= 15 is 0 Å². The van der Waals surface area contributed by atoms with E-state index in [-0.39, 0.29) is 6.42 Å². The molecule has 2 aromatic rings. The van der Waals surface area contributed by atoms with E-state index in [1.807, 2.05) is 24.3 Å². The number of carbonyl (C=O) groups is 1. The van der Waals surface area contributed by atoms with Gasteiger partial charge in [0.1, 0.15) is 6.33 Å². The van der Waals surface area contributed by atoms with Gasteiger partial charge < -0.3 is 5.11 Å². The molecular weight excluding hydrogens is 208 g/mol. The lowest BCUT2D eigenvalue weighted by molar-refractivity contribution is -0.136. The maximum Gasteiger partial charge on any atom is 0.303 e. The number of carboxylic acid groups (broad SMARTS) is 1. The van der Waals surface area contributed by atoms with Gasteiger partial charge >= 0.3 is 5.97 Å². The maximum absolute atomic E-state index is 10.4. The molecule has 0 unspecified atom stereocenters. The number of hydrogen-bond donors (Lipinski definition) is 1. The predicted octanol–water partition coefficient (Wildman–Crippen LogP) is 0.679. The van der Waals surface area contributed by atoms with Crippen LogP contribution >= 0.6 is 0 Å². The van der Waals surface area contributed by atoms with E-state index in [1.165, 1.54) is 6.33 Å². The molecule has 0 radical (unpaired) electrons. The Morgan fingerprint density at radius 1 is 1.31 bits per heavy atom. The van der Waals surface area contributed by atoms with E-state index in [0.29, 0.717) is 6.42 Å². The third-order valence-corrected chi connectivity index (χ3v) is 2.18. The summed E-state index contributed by atoms with van der Waals surface area (Å²) in [5.74, 6) is -0.787. The van der Waals surface area contributed by atoms with Crippen LogP contribution in [0.1, 0.15) is 12.0 Å². The molecular formula is C10H10N4O2. The Labute approximate surface area is 91.5 Å². The molecule has 0 aliphatic heterocycles. The van der Waals surface area contributed by atoms with Gasteiger partial charge in [-0.3, -0.25) is 4.79 Å². The van der Waals surface area contributed by atoms with Gasteiger partial charge in [0.25, 0.3) is 0 Å². The molecule has 0 spiro atoms. The number of aromatic nitrogens is 4. The van der Waals surface area contributed by atoms with E-state index in [1.54, 1.807) is 4.68 Å². The van der Waals surface area contributed by atoms with Crippen molar-refractivity contribution in [2.75, 3.05) is 0 Å². The first-order chi connectivity index (χ1) is 7.75. The van der Waals surface area contributed by atoms with Gasteiger partial charge in [0, 0.05) is 6.42 Å². The fourth-order valence-electron chi connectivity index (χ4n) is 1.35. The monoisotopic (exact) mass is 218 g/mol. The molecule has 0 bridgehead atoms. The first kappa shape index (κ1) is 10.3. The molecule has 0 atom stereocenters. The molecule has 2 rings (SSSR count). The van der Waals surface area contributed by atoms with Crippen molar-refractivity contribution in [1.82, 2.24) is 20.2 Å². The second-order valence-corrected chi connectivity index (χ2v) is 3.31. The third-order valence-electron chi connectivity index (χ3n) is 2.18. The van der Waals surface area contributed by atoms with Gasteiger partial charge in [-0.05, 0) is 34.5 Å². The van der Waals surface area contributed by atoms with Gasteiger partial charge in [-0.25, -0.2) is 4.68 Å². The SMILES string of the molecule is O=C(O)CCc1ccc(-n2cnnn2)cc1. The van der Waals surface area contributed by atoms with E-state index in [0.717, 1.165) is 11.3 Å². The first-order valence-electron chi connectivity index (χ1n) is 4.80. The van der Waals surface area contributed by atoms with Crippen molar-refractivity contribution in [1.29, 1.82) is 0 Å². The minimum absolute atomic E-state index is 0.143. The second kappa shape index (κ2) is 4.52. The lowest BCUT2D eigenvalue weighted by Crippen LogP contribution is -1.98.